The first-order valence-electron chi connectivity index (χ1n) is 6.48. The first-order chi connectivity index (χ1) is 10.7. The average Bonchev–Trinajstić information content (AvgIpc) is 3.01. The van der Waals surface area contributed by atoms with E-state index < -0.39 is 0 Å². The van der Waals surface area contributed by atoms with E-state index in [1.807, 2.05) is 53.9 Å². The molecule has 0 aliphatic heterocycles. The van der Waals surface area contributed by atoms with E-state index in [4.69, 9.17) is 0 Å². The number of halogens is 2. The molecule has 0 unspecified atom stereocenters. The molecule has 6 heteroatoms. The minimum atomic E-state index is 0.778. The van der Waals surface area contributed by atoms with Gasteiger partial charge < -0.3 is 0 Å². The maximum Gasteiger partial charge on any atom is 0.203 e. The molecule has 1 aromatic heterocycles. The Hall–Kier alpha value is -1.25. The fourth-order valence-corrected chi connectivity index (χ4v) is 3.39. The summed E-state index contributed by atoms with van der Waals surface area (Å²) in [6.07, 6.45) is 1.80. The fourth-order valence-electron chi connectivity index (χ4n) is 1.84. The maximum absolute atomic E-state index is 4.53. The van der Waals surface area contributed by atoms with Crippen molar-refractivity contribution in [3.05, 3.63) is 67.5 Å². The molecule has 3 rings (SSSR count). The molecule has 0 saturated carbocycles. The van der Waals surface area contributed by atoms with Crippen molar-refractivity contribution in [3.8, 4) is 11.3 Å². The van der Waals surface area contributed by atoms with E-state index in [1.54, 1.807) is 6.21 Å². The normalized spacial score (nSPS) is 11.0. The number of anilines is 1. The number of rotatable bonds is 4. The van der Waals surface area contributed by atoms with Gasteiger partial charge in [-0.3, -0.25) is 5.43 Å². The van der Waals surface area contributed by atoms with Crippen molar-refractivity contribution in [2.75, 3.05) is 5.43 Å². The minimum Gasteiger partial charge on any atom is -0.253 e. The number of nitrogens with one attached hydrogen (secondary N) is 1. The van der Waals surface area contributed by atoms with Crippen LogP contribution >= 0.6 is 49.9 Å². The molecule has 22 heavy (non-hydrogen) atoms. The van der Waals surface area contributed by atoms with Crippen molar-refractivity contribution in [2.24, 2.45) is 5.10 Å². The van der Waals surface area contributed by atoms with Gasteiger partial charge in [-0.05, 0) is 44.6 Å². The summed E-state index contributed by atoms with van der Waals surface area (Å²) in [7, 11) is 0. The number of hydrogen-bond donors (Lipinski definition) is 1. The van der Waals surface area contributed by atoms with Crippen molar-refractivity contribution >= 4 is 61.2 Å². The molecular weight excluding hydrogens is 473 g/mol. The molecule has 0 amide bonds. The van der Waals surface area contributed by atoms with Gasteiger partial charge in [-0.25, -0.2) is 4.98 Å². The molecule has 0 aliphatic carbocycles. The first-order valence-corrected chi connectivity index (χ1v) is 9.23. The zero-order valence-corrected chi connectivity index (χ0v) is 15.9. The highest BCUT2D eigenvalue weighted by molar-refractivity contribution is 14.1. The lowest BCUT2D eigenvalue weighted by atomic mass is 10.2. The number of benzene rings is 2. The third kappa shape index (κ3) is 3.74. The second-order valence-corrected chi connectivity index (χ2v) is 7.21. The molecule has 0 bridgehead atoms. The number of hydrazone groups is 1. The second-order valence-electron chi connectivity index (χ2n) is 4.42. The molecule has 2 aromatic carbocycles. The van der Waals surface area contributed by atoms with Gasteiger partial charge in [0, 0.05) is 24.5 Å². The summed E-state index contributed by atoms with van der Waals surface area (Å²) in [5.74, 6) is 0. The number of thiazole rings is 1. The highest BCUT2D eigenvalue weighted by Gasteiger charge is 2.03. The van der Waals surface area contributed by atoms with Gasteiger partial charge in [0.1, 0.15) is 0 Å². The number of aromatic nitrogens is 1. The topological polar surface area (TPSA) is 37.3 Å². The average molecular weight is 484 g/mol. The third-order valence-electron chi connectivity index (χ3n) is 2.92. The molecule has 0 saturated heterocycles. The van der Waals surface area contributed by atoms with Crippen molar-refractivity contribution in [1.29, 1.82) is 0 Å². The minimum absolute atomic E-state index is 0.778. The van der Waals surface area contributed by atoms with E-state index in [1.165, 1.54) is 11.3 Å². The quantitative estimate of drug-likeness (QED) is 0.297. The SMILES string of the molecule is Brc1cccc(C=NNc2nc(-c3ccccc3)cs2)c1I. The summed E-state index contributed by atoms with van der Waals surface area (Å²) in [6, 6.07) is 16.1. The second kappa shape index (κ2) is 7.34. The van der Waals surface area contributed by atoms with Gasteiger partial charge in [-0.1, -0.05) is 42.5 Å². The summed E-state index contributed by atoms with van der Waals surface area (Å²) >= 11 is 7.34. The summed E-state index contributed by atoms with van der Waals surface area (Å²) in [4.78, 5) is 4.53. The Morgan fingerprint density at radius 2 is 1.95 bits per heavy atom. The van der Waals surface area contributed by atoms with E-state index >= 15 is 0 Å². The Kier molecular flexibility index (Phi) is 5.22. The van der Waals surface area contributed by atoms with Crippen LogP contribution in [0.15, 0.2) is 63.5 Å². The zero-order chi connectivity index (χ0) is 15.4. The maximum atomic E-state index is 4.53. The Morgan fingerprint density at radius 1 is 1.14 bits per heavy atom. The lowest BCUT2D eigenvalue weighted by molar-refractivity contribution is 1.29. The molecule has 1 heterocycles. The monoisotopic (exact) mass is 483 g/mol. The lowest BCUT2D eigenvalue weighted by Gasteiger charge is -2.00. The summed E-state index contributed by atoms with van der Waals surface area (Å²) in [5, 5.41) is 7.07. The predicted octanol–water partition coefficient (Wildman–Crippen LogP) is 5.62. The van der Waals surface area contributed by atoms with Crippen LogP contribution in [-0.2, 0) is 0 Å². The summed E-state index contributed by atoms with van der Waals surface area (Å²) < 4.78 is 2.20. The molecule has 0 radical (unpaired) electrons. The van der Waals surface area contributed by atoms with Crippen LogP contribution in [0.4, 0.5) is 5.13 Å². The molecule has 3 nitrogen and oxygen atoms in total. The number of hydrogen-bond acceptors (Lipinski definition) is 4. The lowest BCUT2D eigenvalue weighted by Crippen LogP contribution is -1.92. The van der Waals surface area contributed by atoms with Crippen LogP contribution < -0.4 is 5.43 Å². The van der Waals surface area contributed by atoms with Crippen molar-refractivity contribution in [2.45, 2.75) is 0 Å². The van der Waals surface area contributed by atoms with Crippen LogP contribution in [0.25, 0.3) is 11.3 Å². The summed E-state index contributed by atoms with van der Waals surface area (Å²) in [5.41, 5.74) is 6.11. The smallest absolute Gasteiger partial charge is 0.203 e. The van der Waals surface area contributed by atoms with Gasteiger partial charge in [0.2, 0.25) is 5.13 Å². The molecule has 0 atom stereocenters. The first kappa shape index (κ1) is 15.6. The van der Waals surface area contributed by atoms with Crippen LogP contribution in [-0.4, -0.2) is 11.2 Å². The van der Waals surface area contributed by atoms with Crippen LogP contribution in [0.1, 0.15) is 5.56 Å². The van der Waals surface area contributed by atoms with E-state index in [-0.39, 0.29) is 0 Å². The Labute approximate surface area is 154 Å². The molecular formula is C16H11BrIN3S. The number of nitrogens with zero attached hydrogens (tertiary/aromatic N) is 2. The van der Waals surface area contributed by atoms with Gasteiger partial charge in [-0.2, -0.15) is 5.10 Å². The van der Waals surface area contributed by atoms with E-state index in [0.29, 0.717) is 0 Å². The van der Waals surface area contributed by atoms with Crippen LogP contribution in [0.2, 0.25) is 0 Å². The van der Waals surface area contributed by atoms with Gasteiger partial charge >= 0.3 is 0 Å². The highest BCUT2D eigenvalue weighted by atomic mass is 127. The van der Waals surface area contributed by atoms with E-state index in [2.05, 4.69) is 54.0 Å². The van der Waals surface area contributed by atoms with Gasteiger partial charge in [0.15, 0.2) is 0 Å². The molecule has 1 N–H and O–H groups in total. The Balaban J connectivity index is 1.71. The van der Waals surface area contributed by atoms with Gasteiger partial charge in [-0.15, -0.1) is 11.3 Å². The van der Waals surface area contributed by atoms with E-state index in [0.717, 1.165) is 30.0 Å². The zero-order valence-electron chi connectivity index (χ0n) is 11.3. The van der Waals surface area contributed by atoms with Crippen molar-refractivity contribution in [3.63, 3.8) is 0 Å². The fraction of sp³-hybridized carbons (Fsp3) is 0. The van der Waals surface area contributed by atoms with Crippen molar-refractivity contribution < 1.29 is 0 Å². The summed E-state index contributed by atoms with van der Waals surface area (Å²) in [6.45, 7) is 0. The van der Waals surface area contributed by atoms with E-state index in [9.17, 15) is 0 Å². The Bertz CT molecular complexity index is 802. The van der Waals surface area contributed by atoms with Crippen molar-refractivity contribution in [1.82, 2.24) is 4.98 Å². The molecule has 110 valence electrons. The van der Waals surface area contributed by atoms with Gasteiger partial charge in [0.05, 0.1) is 11.9 Å². The standard InChI is InChI=1S/C16H11BrIN3S/c17-13-8-4-7-12(15(13)18)9-19-21-16-20-14(10-22-16)11-5-2-1-3-6-11/h1-10H,(H,20,21). The molecule has 0 aliphatic rings. The third-order valence-corrected chi connectivity index (χ3v) is 6.27. The highest BCUT2D eigenvalue weighted by Crippen LogP contribution is 2.25. The van der Waals surface area contributed by atoms with Crippen LogP contribution in [0, 0.1) is 3.57 Å². The molecule has 3 aromatic rings. The molecule has 0 spiro atoms. The largest absolute Gasteiger partial charge is 0.253 e. The predicted molar refractivity (Wildman–Crippen MR) is 106 cm³/mol. The van der Waals surface area contributed by atoms with Crippen LogP contribution in [0.5, 0.6) is 0 Å². The molecule has 0 fully saturated rings. The van der Waals surface area contributed by atoms with Gasteiger partial charge in [0.25, 0.3) is 0 Å². The van der Waals surface area contributed by atoms with Crippen LogP contribution in [0.3, 0.4) is 0 Å². The Morgan fingerprint density at radius 3 is 2.77 bits per heavy atom.